The second-order valence-electron chi connectivity index (χ2n) is 6.85. The van der Waals surface area contributed by atoms with Crippen molar-refractivity contribution in [3.63, 3.8) is 0 Å². The first-order valence-corrected chi connectivity index (χ1v) is 9.22. The molecule has 4 N–H and O–H groups in total. The fraction of sp³-hybridized carbons (Fsp3) is 0.286. The molecule has 3 rings (SSSR count). The van der Waals surface area contributed by atoms with Crippen molar-refractivity contribution < 1.29 is 14.7 Å². The maximum absolute atomic E-state index is 12.7. The maximum atomic E-state index is 12.7. The molecule has 7 heteroatoms. The molecule has 0 spiro atoms. The van der Waals surface area contributed by atoms with Crippen LogP contribution in [-0.4, -0.2) is 65.3 Å². The number of carboxylic acids is 1. The molecule has 1 aliphatic heterocycles. The summed E-state index contributed by atoms with van der Waals surface area (Å²) in [7, 11) is 0. The lowest BCUT2D eigenvalue weighted by Crippen LogP contribution is -2.49. The lowest BCUT2D eigenvalue weighted by molar-refractivity contribution is -0.137. The smallest absolute Gasteiger partial charge is 0.304 e. The molecule has 7 nitrogen and oxygen atoms in total. The van der Waals surface area contributed by atoms with E-state index in [9.17, 15) is 9.59 Å². The normalized spacial score (nSPS) is 14.6. The first kappa shape index (κ1) is 19.6. The van der Waals surface area contributed by atoms with Crippen molar-refractivity contribution in [3.8, 4) is 11.1 Å². The van der Waals surface area contributed by atoms with E-state index in [1.807, 2.05) is 41.3 Å². The molecule has 0 atom stereocenters. The van der Waals surface area contributed by atoms with E-state index in [0.29, 0.717) is 43.9 Å². The van der Waals surface area contributed by atoms with Crippen molar-refractivity contribution in [2.75, 3.05) is 32.7 Å². The van der Waals surface area contributed by atoms with Crippen LogP contribution in [0, 0.1) is 5.41 Å². The van der Waals surface area contributed by atoms with E-state index < -0.39 is 5.97 Å². The van der Waals surface area contributed by atoms with Crippen LogP contribution in [0.3, 0.4) is 0 Å². The average Bonchev–Trinajstić information content (AvgIpc) is 2.72. The van der Waals surface area contributed by atoms with Crippen LogP contribution < -0.4 is 5.73 Å². The Morgan fingerprint density at radius 1 is 0.893 bits per heavy atom. The van der Waals surface area contributed by atoms with E-state index >= 15 is 0 Å². The van der Waals surface area contributed by atoms with Crippen LogP contribution in [0.25, 0.3) is 11.1 Å². The number of aliphatic carboxylic acids is 1. The Morgan fingerprint density at radius 3 is 1.86 bits per heavy atom. The molecule has 1 aliphatic rings. The molecule has 0 aliphatic carbocycles. The summed E-state index contributed by atoms with van der Waals surface area (Å²) in [6.07, 6.45) is 0.128. The average molecular weight is 380 g/mol. The summed E-state index contributed by atoms with van der Waals surface area (Å²) in [5, 5.41) is 16.2. The second-order valence-corrected chi connectivity index (χ2v) is 6.85. The lowest BCUT2D eigenvalue weighted by Gasteiger charge is -2.34. The zero-order chi connectivity index (χ0) is 20.1. The Morgan fingerprint density at radius 2 is 1.39 bits per heavy atom. The zero-order valence-electron chi connectivity index (χ0n) is 15.6. The molecule has 1 heterocycles. The summed E-state index contributed by atoms with van der Waals surface area (Å²) >= 11 is 0. The maximum Gasteiger partial charge on any atom is 0.304 e. The summed E-state index contributed by atoms with van der Waals surface area (Å²) in [6.45, 7) is 3.12. The van der Waals surface area contributed by atoms with Gasteiger partial charge in [-0.2, -0.15) is 0 Å². The van der Waals surface area contributed by atoms with Crippen LogP contribution in [0.2, 0.25) is 0 Å². The van der Waals surface area contributed by atoms with Crippen LogP contribution in [0.5, 0.6) is 0 Å². The number of carboxylic acid groups (broad SMARTS) is 1. The van der Waals surface area contributed by atoms with Gasteiger partial charge in [0, 0.05) is 43.9 Å². The molecule has 1 fully saturated rings. The van der Waals surface area contributed by atoms with Gasteiger partial charge < -0.3 is 15.7 Å². The number of nitrogens with one attached hydrogen (secondary N) is 1. The SMILES string of the molecule is N=C(N)c1ccc(-c2ccc(C(=O)N3CCN(CCC(=O)O)CC3)cc2)cc1. The second kappa shape index (κ2) is 8.67. The molecular weight excluding hydrogens is 356 g/mol. The Kier molecular flexibility index (Phi) is 6.06. The third-order valence-electron chi connectivity index (χ3n) is 4.96. The largest absolute Gasteiger partial charge is 0.481 e. The number of piperazine rings is 1. The number of nitrogen functional groups attached to an aromatic ring is 1. The van der Waals surface area contributed by atoms with Crippen molar-refractivity contribution >= 4 is 17.7 Å². The number of benzene rings is 2. The molecule has 28 heavy (non-hydrogen) atoms. The standard InChI is InChI=1S/C21H24N4O3/c22-20(23)17-5-1-15(2-6-17)16-3-7-18(8-4-16)21(28)25-13-11-24(12-14-25)10-9-19(26)27/h1-8H,9-14H2,(H3,22,23)(H,26,27). The van der Waals surface area contributed by atoms with Crippen LogP contribution in [0.15, 0.2) is 48.5 Å². The van der Waals surface area contributed by atoms with E-state index in [2.05, 4.69) is 4.90 Å². The Bertz CT molecular complexity index is 854. The van der Waals surface area contributed by atoms with E-state index in [-0.39, 0.29) is 18.2 Å². The molecular formula is C21H24N4O3. The Hall–Kier alpha value is -3.19. The monoisotopic (exact) mass is 380 g/mol. The van der Waals surface area contributed by atoms with E-state index in [0.717, 1.165) is 11.1 Å². The highest BCUT2D eigenvalue weighted by Gasteiger charge is 2.22. The molecule has 1 saturated heterocycles. The highest BCUT2D eigenvalue weighted by molar-refractivity contribution is 5.96. The van der Waals surface area contributed by atoms with Gasteiger partial charge in [-0.25, -0.2) is 0 Å². The van der Waals surface area contributed by atoms with Gasteiger partial charge in [-0.3, -0.25) is 19.9 Å². The number of rotatable bonds is 6. The molecule has 0 aromatic heterocycles. The van der Waals surface area contributed by atoms with E-state index in [1.54, 1.807) is 12.1 Å². The summed E-state index contributed by atoms with van der Waals surface area (Å²) in [5.41, 5.74) is 8.78. The third-order valence-corrected chi connectivity index (χ3v) is 4.96. The lowest BCUT2D eigenvalue weighted by atomic mass is 10.0. The minimum absolute atomic E-state index is 0.00337. The summed E-state index contributed by atoms with van der Waals surface area (Å²) < 4.78 is 0. The van der Waals surface area contributed by atoms with Crippen molar-refractivity contribution in [1.29, 1.82) is 5.41 Å². The fourth-order valence-corrected chi connectivity index (χ4v) is 3.26. The van der Waals surface area contributed by atoms with Gasteiger partial charge in [0.1, 0.15) is 5.84 Å². The quantitative estimate of drug-likeness (QED) is 0.523. The van der Waals surface area contributed by atoms with Crippen LogP contribution in [0.4, 0.5) is 0 Å². The number of nitrogens with two attached hydrogens (primary N) is 1. The predicted molar refractivity (Wildman–Crippen MR) is 107 cm³/mol. The molecule has 0 saturated carbocycles. The number of carbonyl (C=O) groups excluding carboxylic acids is 1. The number of carbonyl (C=O) groups is 2. The first-order valence-electron chi connectivity index (χ1n) is 9.22. The summed E-state index contributed by atoms with van der Waals surface area (Å²) in [4.78, 5) is 27.3. The van der Waals surface area contributed by atoms with Gasteiger partial charge in [0.25, 0.3) is 5.91 Å². The number of hydrogen-bond acceptors (Lipinski definition) is 4. The predicted octanol–water partition coefficient (Wildman–Crippen LogP) is 1.87. The van der Waals surface area contributed by atoms with Gasteiger partial charge in [0.05, 0.1) is 6.42 Å². The van der Waals surface area contributed by atoms with Gasteiger partial charge in [-0.1, -0.05) is 36.4 Å². The third kappa shape index (κ3) is 4.75. The molecule has 1 amide bonds. The number of nitrogens with zero attached hydrogens (tertiary/aromatic N) is 2. The van der Waals surface area contributed by atoms with Gasteiger partial charge >= 0.3 is 5.97 Å². The van der Waals surface area contributed by atoms with Crippen LogP contribution in [0.1, 0.15) is 22.3 Å². The topological polar surface area (TPSA) is 111 Å². The van der Waals surface area contributed by atoms with Crippen LogP contribution >= 0.6 is 0 Å². The zero-order valence-corrected chi connectivity index (χ0v) is 15.6. The Labute approximate surface area is 163 Å². The fourth-order valence-electron chi connectivity index (χ4n) is 3.26. The van der Waals surface area contributed by atoms with E-state index in [1.165, 1.54) is 0 Å². The minimum atomic E-state index is -0.797. The number of amides is 1. The van der Waals surface area contributed by atoms with Crippen molar-refractivity contribution in [3.05, 3.63) is 59.7 Å². The molecule has 2 aromatic rings. The van der Waals surface area contributed by atoms with Gasteiger partial charge in [-0.05, 0) is 23.3 Å². The van der Waals surface area contributed by atoms with Crippen molar-refractivity contribution in [2.24, 2.45) is 5.73 Å². The van der Waals surface area contributed by atoms with Gasteiger partial charge in [-0.15, -0.1) is 0 Å². The molecule has 0 bridgehead atoms. The summed E-state index contributed by atoms with van der Waals surface area (Å²) in [6, 6.07) is 14.9. The minimum Gasteiger partial charge on any atom is -0.481 e. The Balaban J connectivity index is 1.59. The summed E-state index contributed by atoms with van der Waals surface area (Å²) in [5.74, 6) is -0.763. The molecule has 0 unspecified atom stereocenters. The molecule has 146 valence electrons. The number of hydrogen-bond donors (Lipinski definition) is 3. The van der Waals surface area contributed by atoms with Gasteiger partial charge in [0.2, 0.25) is 0 Å². The molecule has 2 aromatic carbocycles. The highest BCUT2D eigenvalue weighted by atomic mass is 16.4. The highest BCUT2D eigenvalue weighted by Crippen LogP contribution is 2.21. The molecule has 0 radical (unpaired) electrons. The van der Waals surface area contributed by atoms with Gasteiger partial charge in [0.15, 0.2) is 0 Å². The van der Waals surface area contributed by atoms with Crippen molar-refractivity contribution in [1.82, 2.24) is 9.80 Å². The first-order chi connectivity index (χ1) is 13.4. The van der Waals surface area contributed by atoms with Crippen molar-refractivity contribution in [2.45, 2.75) is 6.42 Å². The number of amidine groups is 1. The van der Waals surface area contributed by atoms with E-state index in [4.69, 9.17) is 16.2 Å². The van der Waals surface area contributed by atoms with Crippen LogP contribution in [-0.2, 0) is 4.79 Å².